The highest BCUT2D eigenvalue weighted by atomic mass is 19.4. The summed E-state index contributed by atoms with van der Waals surface area (Å²) in [6.45, 7) is 1.46. The van der Waals surface area contributed by atoms with Crippen LogP contribution >= 0.6 is 0 Å². The van der Waals surface area contributed by atoms with Gasteiger partial charge in [0.2, 0.25) is 0 Å². The molecule has 0 amide bonds. The van der Waals surface area contributed by atoms with Gasteiger partial charge in [-0.1, -0.05) is 0 Å². The number of nitrogens with zero attached hydrogens (tertiary/aromatic N) is 3. The number of benzene rings is 1. The van der Waals surface area contributed by atoms with Gasteiger partial charge in [-0.15, -0.1) is 0 Å². The summed E-state index contributed by atoms with van der Waals surface area (Å²) < 4.78 is 38.3. The first-order valence-corrected chi connectivity index (χ1v) is 9.71. The lowest BCUT2D eigenvalue weighted by Crippen LogP contribution is -2.05. The van der Waals surface area contributed by atoms with Crippen LogP contribution < -0.4 is 5.32 Å². The molecule has 0 fully saturated rings. The second-order valence-corrected chi connectivity index (χ2v) is 7.29. The van der Waals surface area contributed by atoms with Gasteiger partial charge in [0.25, 0.3) is 0 Å². The molecule has 4 aromatic rings. The van der Waals surface area contributed by atoms with Crippen LogP contribution in [0.5, 0.6) is 0 Å². The van der Waals surface area contributed by atoms with Crippen molar-refractivity contribution in [2.24, 2.45) is 0 Å². The highest BCUT2D eigenvalue weighted by Crippen LogP contribution is 2.32. The van der Waals surface area contributed by atoms with E-state index < -0.39 is 17.8 Å². The first kappa shape index (κ1) is 21.7. The van der Waals surface area contributed by atoms with Crippen LogP contribution in [0.4, 0.5) is 24.7 Å². The Morgan fingerprint density at radius 2 is 1.75 bits per heavy atom. The number of aliphatic hydroxyl groups excluding tert-OH is 2. The molecule has 0 aliphatic carbocycles. The van der Waals surface area contributed by atoms with Crippen LogP contribution in [0, 0.1) is 6.92 Å². The van der Waals surface area contributed by atoms with E-state index in [0.717, 1.165) is 28.6 Å². The first-order valence-electron chi connectivity index (χ1n) is 9.71. The Morgan fingerprint density at radius 3 is 2.41 bits per heavy atom. The Labute approximate surface area is 181 Å². The molecule has 0 saturated carbocycles. The van der Waals surface area contributed by atoms with E-state index in [1.807, 2.05) is 13.0 Å². The van der Waals surface area contributed by atoms with E-state index in [2.05, 4.69) is 20.3 Å². The Morgan fingerprint density at radius 1 is 1.00 bits per heavy atom. The van der Waals surface area contributed by atoms with Gasteiger partial charge >= 0.3 is 6.18 Å². The van der Waals surface area contributed by atoms with E-state index in [9.17, 15) is 18.3 Å². The minimum Gasteiger partial charge on any atom is -0.393 e. The van der Waals surface area contributed by atoms with E-state index in [0.29, 0.717) is 28.3 Å². The fourth-order valence-electron chi connectivity index (χ4n) is 3.35. The topological polar surface area (TPSA) is 91.2 Å². The Hall–Kier alpha value is -3.56. The number of nitrogens with one attached hydrogen (secondary N) is 1. The molecule has 0 bridgehead atoms. The summed E-state index contributed by atoms with van der Waals surface area (Å²) in [6.07, 6.45) is -0.651. The van der Waals surface area contributed by atoms with Crippen molar-refractivity contribution in [3.8, 4) is 11.3 Å². The van der Waals surface area contributed by atoms with Crippen molar-refractivity contribution in [2.75, 3.05) is 11.9 Å². The van der Waals surface area contributed by atoms with Gasteiger partial charge in [0, 0.05) is 40.8 Å². The second-order valence-electron chi connectivity index (χ2n) is 7.29. The maximum Gasteiger partial charge on any atom is 0.416 e. The number of aliphatic hydroxyl groups is 2. The van der Waals surface area contributed by atoms with Gasteiger partial charge in [0.1, 0.15) is 11.6 Å². The van der Waals surface area contributed by atoms with Crippen LogP contribution in [0.1, 0.15) is 22.8 Å². The fraction of sp³-hybridized carbons (Fsp3) is 0.174. The molecule has 3 heterocycles. The van der Waals surface area contributed by atoms with Crippen LogP contribution in [0.25, 0.3) is 22.2 Å². The van der Waals surface area contributed by atoms with Gasteiger partial charge in [-0.3, -0.25) is 9.97 Å². The number of alkyl halides is 3. The van der Waals surface area contributed by atoms with Crippen LogP contribution in [-0.2, 0) is 6.18 Å². The smallest absolute Gasteiger partial charge is 0.393 e. The standard InChI is InChI=1S/C23H19F3N4O2/c1-13-8-15(19(32)12-31)10-28-20(13)16-9-14-6-7-27-22(21(14)29-11-16)30-18-4-2-17(3-5-18)23(24,25)26/h2-11,19,31-32H,12H2,1H3,(H,27,30). The molecule has 1 atom stereocenters. The summed E-state index contributed by atoms with van der Waals surface area (Å²) >= 11 is 0. The zero-order chi connectivity index (χ0) is 22.9. The highest BCUT2D eigenvalue weighted by molar-refractivity contribution is 5.92. The molecule has 1 unspecified atom stereocenters. The van der Waals surface area contributed by atoms with Crippen molar-refractivity contribution in [3.63, 3.8) is 0 Å². The Balaban J connectivity index is 1.64. The van der Waals surface area contributed by atoms with Crippen molar-refractivity contribution in [2.45, 2.75) is 19.2 Å². The fourth-order valence-corrected chi connectivity index (χ4v) is 3.35. The number of hydrogen-bond acceptors (Lipinski definition) is 6. The third kappa shape index (κ3) is 4.39. The summed E-state index contributed by atoms with van der Waals surface area (Å²) in [5.41, 5.74) is 3.06. The van der Waals surface area contributed by atoms with Crippen molar-refractivity contribution >= 4 is 22.4 Å². The van der Waals surface area contributed by atoms with Gasteiger partial charge in [-0.05, 0) is 55.0 Å². The Bertz CT molecular complexity index is 1260. The minimum absolute atomic E-state index is 0.389. The number of rotatable bonds is 5. The molecule has 0 spiro atoms. The van der Waals surface area contributed by atoms with Gasteiger partial charge < -0.3 is 15.5 Å². The molecule has 0 radical (unpaired) electrons. The molecule has 0 aliphatic rings. The number of anilines is 2. The largest absolute Gasteiger partial charge is 0.416 e. The van der Waals surface area contributed by atoms with Crippen LogP contribution in [0.2, 0.25) is 0 Å². The number of hydrogen-bond donors (Lipinski definition) is 3. The lowest BCUT2D eigenvalue weighted by atomic mass is 10.0. The van der Waals surface area contributed by atoms with Crippen LogP contribution in [-0.4, -0.2) is 31.8 Å². The van der Waals surface area contributed by atoms with E-state index in [1.54, 1.807) is 24.5 Å². The minimum atomic E-state index is -4.39. The molecule has 6 nitrogen and oxygen atoms in total. The average Bonchev–Trinajstić information content (AvgIpc) is 2.78. The van der Waals surface area contributed by atoms with E-state index in [1.165, 1.54) is 18.3 Å². The van der Waals surface area contributed by atoms with Crippen molar-refractivity contribution in [1.29, 1.82) is 0 Å². The Kier molecular flexibility index (Phi) is 5.77. The molecule has 9 heteroatoms. The summed E-state index contributed by atoms with van der Waals surface area (Å²) in [6, 6.07) is 10.1. The third-order valence-corrected chi connectivity index (χ3v) is 5.00. The van der Waals surface area contributed by atoms with Crippen molar-refractivity contribution in [3.05, 3.63) is 77.7 Å². The maximum atomic E-state index is 12.8. The third-order valence-electron chi connectivity index (χ3n) is 5.00. The summed E-state index contributed by atoms with van der Waals surface area (Å²) in [4.78, 5) is 13.2. The van der Waals surface area contributed by atoms with Crippen LogP contribution in [0.15, 0.2) is 61.1 Å². The van der Waals surface area contributed by atoms with Gasteiger partial charge in [0.05, 0.1) is 17.9 Å². The van der Waals surface area contributed by atoms with E-state index >= 15 is 0 Å². The molecule has 0 aliphatic heterocycles. The average molecular weight is 440 g/mol. The molecule has 1 aromatic carbocycles. The highest BCUT2D eigenvalue weighted by Gasteiger charge is 2.30. The number of pyridine rings is 3. The quantitative estimate of drug-likeness (QED) is 0.413. The van der Waals surface area contributed by atoms with E-state index in [4.69, 9.17) is 5.11 Å². The maximum absolute atomic E-state index is 12.8. The first-order chi connectivity index (χ1) is 15.3. The van der Waals surface area contributed by atoms with Crippen LogP contribution in [0.3, 0.4) is 0 Å². The predicted octanol–water partition coefficient (Wildman–Crippen LogP) is 4.79. The molecule has 164 valence electrons. The van der Waals surface area contributed by atoms with Crippen molar-refractivity contribution in [1.82, 2.24) is 15.0 Å². The number of fused-ring (bicyclic) bond motifs is 1. The van der Waals surface area contributed by atoms with Gasteiger partial charge in [0.15, 0.2) is 5.82 Å². The molecular formula is C23H19F3N4O2. The number of aromatic nitrogens is 3. The lowest BCUT2D eigenvalue weighted by molar-refractivity contribution is -0.137. The number of halogens is 3. The summed E-state index contributed by atoms with van der Waals surface area (Å²) in [7, 11) is 0. The monoisotopic (exact) mass is 440 g/mol. The normalized spacial score (nSPS) is 12.7. The van der Waals surface area contributed by atoms with Crippen molar-refractivity contribution < 1.29 is 23.4 Å². The molecule has 3 aromatic heterocycles. The predicted molar refractivity (Wildman–Crippen MR) is 114 cm³/mol. The molecule has 4 rings (SSSR count). The summed E-state index contributed by atoms with van der Waals surface area (Å²) in [5.74, 6) is 0.417. The zero-order valence-corrected chi connectivity index (χ0v) is 16.9. The van der Waals surface area contributed by atoms with Gasteiger partial charge in [-0.25, -0.2) is 4.98 Å². The SMILES string of the molecule is Cc1cc(C(O)CO)cnc1-c1cnc2c(Nc3ccc(C(F)(F)F)cc3)nccc2c1. The molecule has 3 N–H and O–H groups in total. The lowest BCUT2D eigenvalue weighted by Gasteiger charge is -2.12. The van der Waals surface area contributed by atoms with E-state index in [-0.39, 0.29) is 6.61 Å². The zero-order valence-electron chi connectivity index (χ0n) is 16.9. The second kappa shape index (κ2) is 8.52. The molecule has 0 saturated heterocycles. The molecular weight excluding hydrogens is 421 g/mol. The number of aryl methyl sites for hydroxylation is 1. The summed E-state index contributed by atoms with van der Waals surface area (Å²) in [5, 5.41) is 22.7. The van der Waals surface area contributed by atoms with Gasteiger partial charge in [-0.2, -0.15) is 13.2 Å². The molecule has 32 heavy (non-hydrogen) atoms.